The van der Waals surface area contributed by atoms with E-state index in [1.165, 1.54) is 11.1 Å². The molecule has 0 aliphatic carbocycles. The third kappa shape index (κ3) is 2.08. The first-order chi connectivity index (χ1) is 7.35. The van der Waals surface area contributed by atoms with Crippen molar-refractivity contribution in [3.8, 4) is 11.3 Å². The van der Waals surface area contributed by atoms with Crippen LogP contribution >= 0.6 is 11.3 Å². The Labute approximate surface area is 93.8 Å². The zero-order valence-corrected chi connectivity index (χ0v) is 9.55. The van der Waals surface area contributed by atoms with Crippen LogP contribution in [0.3, 0.4) is 0 Å². The summed E-state index contributed by atoms with van der Waals surface area (Å²) in [4.78, 5) is 4.30. The molecule has 2 nitrogen and oxygen atoms in total. The largest absolute Gasteiger partial charge is 0.326 e. The van der Waals surface area contributed by atoms with Crippen molar-refractivity contribution >= 4 is 11.3 Å². The molecule has 0 bridgehead atoms. The second-order valence-electron chi connectivity index (χ2n) is 3.41. The zero-order valence-electron chi connectivity index (χ0n) is 8.73. The quantitative estimate of drug-likeness (QED) is 0.860. The van der Waals surface area contributed by atoms with E-state index in [4.69, 9.17) is 5.73 Å². The second kappa shape index (κ2) is 4.55. The molecule has 2 N–H and O–H groups in total. The van der Waals surface area contributed by atoms with Gasteiger partial charge in [-0.2, -0.15) is 0 Å². The van der Waals surface area contributed by atoms with Crippen molar-refractivity contribution in [3.63, 3.8) is 0 Å². The highest BCUT2D eigenvalue weighted by Gasteiger charge is 2.04. The van der Waals surface area contributed by atoms with Gasteiger partial charge in [-0.3, -0.25) is 0 Å². The predicted molar refractivity (Wildman–Crippen MR) is 64.8 cm³/mol. The van der Waals surface area contributed by atoms with Gasteiger partial charge in [0, 0.05) is 17.5 Å². The molecule has 78 valence electrons. The Kier molecular flexibility index (Phi) is 3.14. The molecular formula is C12H14N2S. The van der Waals surface area contributed by atoms with Crippen LogP contribution in [-0.2, 0) is 13.0 Å². The molecular weight excluding hydrogens is 204 g/mol. The van der Waals surface area contributed by atoms with Crippen LogP contribution in [0.2, 0.25) is 0 Å². The van der Waals surface area contributed by atoms with E-state index in [9.17, 15) is 0 Å². The Morgan fingerprint density at radius 2 is 2.20 bits per heavy atom. The van der Waals surface area contributed by atoms with Crippen LogP contribution in [-0.4, -0.2) is 4.98 Å². The number of nitrogens with two attached hydrogens (primary N) is 1. The number of benzene rings is 1. The van der Waals surface area contributed by atoms with Gasteiger partial charge in [-0.1, -0.05) is 19.1 Å². The highest BCUT2D eigenvalue weighted by atomic mass is 32.1. The van der Waals surface area contributed by atoms with Gasteiger partial charge in [0.2, 0.25) is 0 Å². The fourth-order valence-corrected chi connectivity index (χ4v) is 2.24. The maximum Gasteiger partial charge on any atom is 0.0811 e. The molecule has 0 spiro atoms. The van der Waals surface area contributed by atoms with Crippen LogP contribution < -0.4 is 5.73 Å². The highest BCUT2D eigenvalue weighted by molar-refractivity contribution is 7.07. The SMILES string of the molecule is CCc1ccc(-c2cscn2)cc1CN. The molecule has 3 heteroatoms. The van der Waals surface area contributed by atoms with Crippen LogP contribution in [0.25, 0.3) is 11.3 Å². The predicted octanol–water partition coefficient (Wildman–Crippen LogP) is 2.83. The summed E-state index contributed by atoms with van der Waals surface area (Å²) < 4.78 is 0. The first kappa shape index (κ1) is 10.3. The molecule has 0 saturated carbocycles. The molecule has 1 aromatic heterocycles. The summed E-state index contributed by atoms with van der Waals surface area (Å²) in [6.07, 6.45) is 1.03. The molecule has 2 rings (SSSR count). The lowest BCUT2D eigenvalue weighted by Gasteiger charge is -2.07. The molecule has 0 amide bonds. The molecule has 1 heterocycles. The Balaban J connectivity index is 2.43. The van der Waals surface area contributed by atoms with Gasteiger partial charge >= 0.3 is 0 Å². The third-order valence-corrected chi connectivity index (χ3v) is 3.12. The summed E-state index contributed by atoms with van der Waals surface area (Å²) in [5.74, 6) is 0. The first-order valence-electron chi connectivity index (χ1n) is 5.05. The number of hydrogen-bond acceptors (Lipinski definition) is 3. The van der Waals surface area contributed by atoms with Gasteiger partial charge in [-0.15, -0.1) is 11.3 Å². The molecule has 0 unspecified atom stereocenters. The van der Waals surface area contributed by atoms with Gasteiger partial charge in [0.15, 0.2) is 0 Å². The van der Waals surface area contributed by atoms with E-state index in [0.29, 0.717) is 6.54 Å². The lowest BCUT2D eigenvalue weighted by Crippen LogP contribution is -2.01. The number of aromatic nitrogens is 1. The minimum absolute atomic E-state index is 0.598. The van der Waals surface area contributed by atoms with Gasteiger partial charge in [-0.05, 0) is 23.6 Å². The van der Waals surface area contributed by atoms with E-state index in [2.05, 4.69) is 35.5 Å². The fourth-order valence-electron chi connectivity index (χ4n) is 1.68. The summed E-state index contributed by atoms with van der Waals surface area (Å²) >= 11 is 1.62. The van der Waals surface area contributed by atoms with Crippen LogP contribution in [0.4, 0.5) is 0 Å². The minimum atomic E-state index is 0.598. The van der Waals surface area contributed by atoms with Crippen molar-refractivity contribution in [2.24, 2.45) is 5.73 Å². The summed E-state index contributed by atoms with van der Waals surface area (Å²) in [7, 11) is 0. The van der Waals surface area contributed by atoms with Gasteiger partial charge in [0.25, 0.3) is 0 Å². The Morgan fingerprint density at radius 1 is 1.33 bits per heavy atom. The first-order valence-corrected chi connectivity index (χ1v) is 6.00. The van der Waals surface area contributed by atoms with E-state index in [1.807, 2.05) is 5.51 Å². The van der Waals surface area contributed by atoms with Crippen molar-refractivity contribution in [1.82, 2.24) is 4.98 Å². The maximum atomic E-state index is 5.73. The summed E-state index contributed by atoms with van der Waals surface area (Å²) in [6.45, 7) is 2.75. The molecule has 0 radical (unpaired) electrons. The molecule has 0 aliphatic rings. The smallest absolute Gasteiger partial charge is 0.0811 e. The van der Waals surface area contributed by atoms with Crippen LogP contribution in [0.15, 0.2) is 29.1 Å². The topological polar surface area (TPSA) is 38.9 Å². The average Bonchev–Trinajstić information content (AvgIpc) is 2.81. The number of thiazole rings is 1. The van der Waals surface area contributed by atoms with Crippen molar-refractivity contribution in [1.29, 1.82) is 0 Å². The molecule has 1 aromatic carbocycles. The van der Waals surface area contributed by atoms with Gasteiger partial charge in [-0.25, -0.2) is 4.98 Å². The average molecular weight is 218 g/mol. The molecule has 0 fully saturated rings. The number of nitrogens with zero attached hydrogens (tertiary/aromatic N) is 1. The number of hydrogen-bond donors (Lipinski definition) is 1. The molecule has 0 atom stereocenters. The van der Waals surface area contributed by atoms with E-state index in [0.717, 1.165) is 17.7 Å². The second-order valence-corrected chi connectivity index (χ2v) is 4.13. The molecule has 2 aromatic rings. The van der Waals surface area contributed by atoms with Crippen LogP contribution in [0, 0.1) is 0 Å². The lowest BCUT2D eigenvalue weighted by molar-refractivity contribution is 1.00. The fraction of sp³-hybridized carbons (Fsp3) is 0.250. The van der Waals surface area contributed by atoms with E-state index >= 15 is 0 Å². The van der Waals surface area contributed by atoms with Crippen LogP contribution in [0.1, 0.15) is 18.1 Å². The number of aryl methyl sites for hydroxylation is 1. The standard InChI is InChI=1S/C12H14N2S/c1-2-9-3-4-10(5-11(9)6-13)12-7-15-8-14-12/h3-5,7-8H,2,6,13H2,1H3. The maximum absolute atomic E-state index is 5.73. The molecule has 15 heavy (non-hydrogen) atoms. The van der Waals surface area contributed by atoms with E-state index in [-0.39, 0.29) is 0 Å². The Bertz CT molecular complexity index is 435. The number of rotatable bonds is 3. The van der Waals surface area contributed by atoms with Gasteiger partial charge in [0.1, 0.15) is 0 Å². The zero-order chi connectivity index (χ0) is 10.7. The monoisotopic (exact) mass is 218 g/mol. The summed E-state index contributed by atoms with van der Waals surface area (Å²) in [6, 6.07) is 6.41. The Morgan fingerprint density at radius 3 is 2.80 bits per heavy atom. The van der Waals surface area contributed by atoms with Gasteiger partial charge in [0.05, 0.1) is 11.2 Å². The molecule has 0 saturated heterocycles. The van der Waals surface area contributed by atoms with Crippen LogP contribution in [0.5, 0.6) is 0 Å². The van der Waals surface area contributed by atoms with E-state index in [1.54, 1.807) is 11.3 Å². The normalized spacial score (nSPS) is 10.5. The van der Waals surface area contributed by atoms with E-state index < -0.39 is 0 Å². The third-order valence-electron chi connectivity index (χ3n) is 2.54. The van der Waals surface area contributed by atoms with Crippen molar-refractivity contribution in [2.75, 3.05) is 0 Å². The summed E-state index contributed by atoms with van der Waals surface area (Å²) in [5, 5.41) is 2.06. The van der Waals surface area contributed by atoms with Crippen molar-refractivity contribution < 1.29 is 0 Å². The molecule has 0 aliphatic heterocycles. The van der Waals surface area contributed by atoms with Gasteiger partial charge < -0.3 is 5.73 Å². The minimum Gasteiger partial charge on any atom is -0.326 e. The summed E-state index contributed by atoms with van der Waals surface area (Å²) in [5.41, 5.74) is 12.3. The lowest BCUT2D eigenvalue weighted by atomic mass is 10.0. The van der Waals surface area contributed by atoms with Crippen molar-refractivity contribution in [3.05, 3.63) is 40.2 Å². The Hall–Kier alpha value is -1.19. The highest BCUT2D eigenvalue weighted by Crippen LogP contribution is 2.22. The van der Waals surface area contributed by atoms with Crippen molar-refractivity contribution in [2.45, 2.75) is 19.9 Å².